The molecule has 0 atom stereocenters. The summed E-state index contributed by atoms with van der Waals surface area (Å²) in [6.45, 7) is 9.94. The number of hydrogen-bond donors (Lipinski definition) is 0. The van der Waals surface area contributed by atoms with Crippen LogP contribution < -0.4 is 0 Å². The average Bonchev–Trinajstić information content (AvgIpc) is 2.20. The van der Waals surface area contributed by atoms with Gasteiger partial charge in [-0.3, -0.25) is 4.90 Å². The van der Waals surface area contributed by atoms with Gasteiger partial charge >= 0.3 is 0 Å². The molecule has 0 amide bonds. The lowest BCUT2D eigenvalue weighted by Gasteiger charge is -2.21. The Hall–Kier alpha value is -0.470. The van der Waals surface area contributed by atoms with Crippen molar-refractivity contribution in [3.8, 4) is 0 Å². The highest BCUT2D eigenvalue weighted by Gasteiger charge is 2.04. The van der Waals surface area contributed by atoms with E-state index in [1.165, 1.54) is 10.5 Å². The van der Waals surface area contributed by atoms with Gasteiger partial charge in [0, 0.05) is 22.7 Å². The maximum Gasteiger partial charge on any atom is 0.0233 e. The van der Waals surface area contributed by atoms with E-state index in [1.807, 2.05) is 11.8 Å². The first kappa shape index (κ1) is 13.6. The minimum absolute atomic E-state index is 0.602. The van der Waals surface area contributed by atoms with Gasteiger partial charge in [0.1, 0.15) is 0 Å². The zero-order chi connectivity index (χ0) is 12.1. The topological polar surface area (TPSA) is 3.24 Å². The Morgan fingerprint density at radius 1 is 1.06 bits per heavy atom. The van der Waals surface area contributed by atoms with E-state index in [-0.39, 0.29) is 0 Å². The fraction of sp³-hybridized carbons (Fsp3) is 0.571. The van der Waals surface area contributed by atoms with E-state index >= 15 is 0 Å². The van der Waals surface area contributed by atoms with Crippen molar-refractivity contribution in [3.05, 3.63) is 29.8 Å². The van der Waals surface area contributed by atoms with Crippen LogP contribution in [-0.4, -0.2) is 23.2 Å². The minimum Gasteiger partial charge on any atom is -0.300 e. The standard InChI is InChI=1S/C14H23NS/c1-11(2)15(5)10-13-6-8-14(9-7-13)16-12(3)4/h6-9,11-12H,10H2,1-5H3. The Morgan fingerprint density at radius 2 is 1.62 bits per heavy atom. The summed E-state index contributed by atoms with van der Waals surface area (Å²) in [6.07, 6.45) is 0. The third-order valence-corrected chi connectivity index (χ3v) is 3.62. The SMILES string of the molecule is CC(C)Sc1ccc(CN(C)C(C)C)cc1. The van der Waals surface area contributed by atoms with Crippen LogP contribution in [0.3, 0.4) is 0 Å². The molecule has 1 aromatic rings. The van der Waals surface area contributed by atoms with Crippen molar-refractivity contribution in [2.45, 2.75) is 50.4 Å². The molecule has 1 rings (SSSR count). The molecule has 0 aliphatic heterocycles. The summed E-state index contributed by atoms with van der Waals surface area (Å²) >= 11 is 1.92. The van der Waals surface area contributed by atoms with Gasteiger partial charge in [-0.25, -0.2) is 0 Å². The molecule has 1 aromatic carbocycles. The van der Waals surface area contributed by atoms with Crippen LogP contribution in [0.1, 0.15) is 33.3 Å². The molecule has 0 saturated carbocycles. The van der Waals surface area contributed by atoms with Crippen molar-refractivity contribution >= 4 is 11.8 Å². The number of thioether (sulfide) groups is 1. The van der Waals surface area contributed by atoms with Gasteiger partial charge in [-0.1, -0.05) is 26.0 Å². The first-order valence-electron chi connectivity index (χ1n) is 5.95. The summed E-state index contributed by atoms with van der Waals surface area (Å²) in [6, 6.07) is 9.54. The van der Waals surface area contributed by atoms with E-state index in [0.717, 1.165) is 6.54 Å². The molecule has 0 spiro atoms. The second kappa shape index (κ2) is 6.31. The van der Waals surface area contributed by atoms with Crippen LogP contribution in [0, 0.1) is 0 Å². The van der Waals surface area contributed by atoms with Crippen LogP contribution in [0.4, 0.5) is 0 Å². The minimum atomic E-state index is 0.602. The van der Waals surface area contributed by atoms with Gasteiger partial charge in [0.15, 0.2) is 0 Å². The molecule has 0 heterocycles. The highest BCUT2D eigenvalue weighted by molar-refractivity contribution is 7.99. The highest BCUT2D eigenvalue weighted by Crippen LogP contribution is 2.23. The fourth-order valence-corrected chi connectivity index (χ4v) is 2.25. The molecule has 16 heavy (non-hydrogen) atoms. The maximum atomic E-state index is 2.35. The smallest absolute Gasteiger partial charge is 0.0233 e. The molecule has 0 bridgehead atoms. The molecule has 0 unspecified atom stereocenters. The van der Waals surface area contributed by atoms with E-state index in [1.54, 1.807) is 0 Å². The first-order chi connectivity index (χ1) is 7.49. The quantitative estimate of drug-likeness (QED) is 0.711. The van der Waals surface area contributed by atoms with Gasteiger partial charge < -0.3 is 0 Å². The number of benzene rings is 1. The summed E-state index contributed by atoms with van der Waals surface area (Å²) in [4.78, 5) is 3.72. The number of rotatable bonds is 5. The van der Waals surface area contributed by atoms with Crippen LogP contribution >= 0.6 is 11.8 Å². The summed E-state index contributed by atoms with van der Waals surface area (Å²) < 4.78 is 0. The molecular weight excluding hydrogens is 214 g/mol. The Kier molecular flexibility index (Phi) is 5.36. The van der Waals surface area contributed by atoms with Crippen LogP contribution in [0.25, 0.3) is 0 Å². The Morgan fingerprint density at radius 3 is 2.06 bits per heavy atom. The Labute approximate surface area is 104 Å². The van der Waals surface area contributed by atoms with Gasteiger partial charge in [-0.15, -0.1) is 11.8 Å². The molecule has 0 saturated heterocycles. The molecule has 0 fully saturated rings. The third kappa shape index (κ3) is 4.58. The van der Waals surface area contributed by atoms with Gasteiger partial charge in [0.2, 0.25) is 0 Å². The predicted molar refractivity (Wildman–Crippen MR) is 74.0 cm³/mol. The van der Waals surface area contributed by atoms with Crippen molar-refractivity contribution in [1.82, 2.24) is 4.90 Å². The van der Waals surface area contributed by atoms with Crippen LogP contribution in [0.15, 0.2) is 29.2 Å². The maximum absolute atomic E-state index is 2.35. The summed E-state index contributed by atoms with van der Waals surface area (Å²) in [5.41, 5.74) is 1.39. The lowest BCUT2D eigenvalue weighted by atomic mass is 10.2. The molecule has 0 aliphatic rings. The molecule has 0 radical (unpaired) electrons. The molecular formula is C14H23NS. The zero-order valence-corrected chi connectivity index (χ0v) is 11.8. The van der Waals surface area contributed by atoms with E-state index in [0.29, 0.717) is 11.3 Å². The lowest BCUT2D eigenvalue weighted by molar-refractivity contribution is 0.266. The Bertz CT molecular complexity index is 303. The summed E-state index contributed by atoms with van der Waals surface area (Å²) in [7, 11) is 2.17. The third-order valence-electron chi connectivity index (χ3n) is 2.61. The van der Waals surface area contributed by atoms with E-state index in [2.05, 4.69) is 63.9 Å². The van der Waals surface area contributed by atoms with Crippen molar-refractivity contribution in [2.75, 3.05) is 7.05 Å². The van der Waals surface area contributed by atoms with Crippen molar-refractivity contribution in [3.63, 3.8) is 0 Å². The molecule has 0 aliphatic carbocycles. The molecule has 0 aromatic heterocycles. The van der Waals surface area contributed by atoms with Crippen LogP contribution in [0.2, 0.25) is 0 Å². The average molecular weight is 237 g/mol. The molecule has 2 heteroatoms. The lowest BCUT2D eigenvalue weighted by Crippen LogP contribution is -2.25. The van der Waals surface area contributed by atoms with E-state index in [4.69, 9.17) is 0 Å². The van der Waals surface area contributed by atoms with Gasteiger partial charge in [0.25, 0.3) is 0 Å². The van der Waals surface area contributed by atoms with Gasteiger partial charge in [-0.05, 0) is 38.6 Å². The highest BCUT2D eigenvalue weighted by atomic mass is 32.2. The molecule has 0 N–H and O–H groups in total. The second-order valence-electron chi connectivity index (χ2n) is 4.82. The normalized spacial score (nSPS) is 11.8. The largest absolute Gasteiger partial charge is 0.300 e. The van der Waals surface area contributed by atoms with E-state index < -0.39 is 0 Å². The van der Waals surface area contributed by atoms with E-state index in [9.17, 15) is 0 Å². The van der Waals surface area contributed by atoms with Crippen molar-refractivity contribution < 1.29 is 0 Å². The number of hydrogen-bond acceptors (Lipinski definition) is 2. The van der Waals surface area contributed by atoms with Gasteiger partial charge in [0.05, 0.1) is 0 Å². The van der Waals surface area contributed by atoms with Crippen molar-refractivity contribution in [2.24, 2.45) is 0 Å². The summed E-state index contributed by atoms with van der Waals surface area (Å²) in [5, 5.41) is 0.657. The predicted octanol–water partition coefficient (Wildman–Crippen LogP) is 4.03. The van der Waals surface area contributed by atoms with Gasteiger partial charge in [-0.2, -0.15) is 0 Å². The van der Waals surface area contributed by atoms with Crippen LogP contribution in [0.5, 0.6) is 0 Å². The molecule has 1 nitrogen and oxygen atoms in total. The summed E-state index contributed by atoms with van der Waals surface area (Å²) in [5.74, 6) is 0. The number of nitrogens with zero attached hydrogens (tertiary/aromatic N) is 1. The van der Waals surface area contributed by atoms with Crippen LogP contribution in [-0.2, 0) is 6.54 Å². The first-order valence-corrected chi connectivity index (χ1v) is 6.83. The molecule has 90 valence electrons. The Balaban J connectivity index is 2.57. The monoisotopic (exact) mass is 237 g/mol. The second-order valence-corrected chi connectivity index (χ2v) is 6.47. The van der Waals surface area contributed by atoms with Crippen molar-refractivity contribution in [1.29, 1.82) is 0 Å². The zero-order valence-electron chi connectivity index (χ0n) is 11.0. The fourth-order valence-electron chi connectivity index (χ4n) is 1.42.